The molecule has 6 nitrogen and oxygen atoms in total. The lowest BCUT2D eigenvalue weighted by molar-refractivity contribution is 0.451. The van der Waals surface area contributed by atoms with Crippen LogP contribution in [0.15, 0.2) is 17.2 Å². The first kappa shape index (κ1) is 14.5. The molecule has 1 atom stereocenters. The summed E-state index contributed by atoms with van der Waals surface area (Å²) in [6.07, 6.45) is 2.18. The fourth-order valence-electron chi connectivity index (χ4n) is 2.25. The van der Waals surface area contributed by atoms with E-state index in [1.54, 1.807) is 0 Å². The average Bonchev–Trinajstić information content (AvgIpc) is 2.82. The number of nitrogen functional groups attached to an aromatic ring is 1. The Morgan fingerprint density at radius 3 is 3.05 bits per heavy atom. The Morgan fingerprint density at radius 2 is 2.37 bits per heavy atom. The second-order valence-electron chi connectivity index (χ2n) is 4.61. The molecule has 1 unspecified atom stereocenters. The van der Waals surface area contributed by atoms with Crippen molar-refractivity contribution in [1.82, 2.24) is 14.6 Å². The van der Waals surface area contributed by atoms with Gasteiger partial charge in [-0.15, -0.1) is 0 Å². The molecule has 0 aliphatic carbocycles. The van der Waals surface area contributed by atoms with Crippen LogP contribution in [-0.4, -0.2) is 44.4 Å². The summed E-state index contributed by atoms with van der Waals surface area (Å²) in [7, 11) is -1.75. The molecule has 8 heteroatoms. The molecule has 0 bridgehead atoms. The molecule has 1 aromatic heterocycles. The van der Waals surface area contributed by atoms with E-state index in [9.17, 15) is 8.42 Å². The molecular weight excluding hydrogens is 288 g/mol. The summed E-state index contributed by atoms with van der Waals surface area (Å²) >= 11 is 5.80. The van der Waals surface area contributed by atoms with Crippen molar-refractivity contribution in [3.63, 3.8) is 0 Å². The average molecular weight is 305 g/mol. The minimum Gasteiger partial charge on any atom is -0.383 e. The highest BCUT2D eigenvalue weighted by Gasteiger charge is 2.33. The molecule has 0 amide bonds. The first-order chi connectivity index (χ1) is 8.95. The maximum Gasteiger partial charge on any atom is 0.246 e. The molecule has 1 aromatic rings. The van der Waals surface area contributed by atoms with Gasteiger partial charge < -0.3 is 11.1 Å². The summed E-state index contributed by atoms with van der Waals surface area (Å²) in [6.45, 7) is 1.80. The van der Waals surface area contributed by atoms with Crippen LogP contribution in [0.3, 0.4) is 0 Å². The van der Waals surface area contributed by atoms with Crippen LogP contribution < -0.4 is 11.1 Å². The van der Waals surface area contributed by atoms with Crippen molar-refractivity contribution in [1.29, 1.82) is 0 Å². The van der Waals surface area contributed by atoms with E-state index in [0.29, 0.717) is 19.0 Å². The van der Waals surface area contributed by atoms with Crippen molar-refractivity contribution in [2.24, 2.45) is 5.92 Å². The monoisotopic (exact) mass is 304 g/mol. The van der Waals surface area contributed by atoms with E-state index in [-0.39, 0.29) is 15.7 Å². The van der Waals surface area contributed by atoms with Crippen LogP contribution in [0.2, 0.25) is 5.02 Å². The molecule has 19 heavy (non-hydrogen) atoms. The number of halogens is 1. The lowest BCUT2D eigenvalue weighted by Crippen LogP contribution is -2.31. The summed E-state index contributed by atoms with van der Waals surface area (Å²) < 4.78 is 26.4. The second-order valence-corrected chi connectivity index (χ2v) is 6.96. The molecule has 1 fully saturated rings. The fourth-order valence-corrected chi connectivity index (χ4v) is 4.09. The number of nitrogens with one attached hydrogen (secondary N) is 1. The molecule has 106 valence electrons. The number of anilines is 1. The maximum atomic E-state index is 12.5. The van der Waals surface area contributed by atoms with Gasteiger partial charge in [-0.05, 0) is 32.0 Å². The van der Waals surface area contributed by atoms with Crippen LogP contribution in [0.4, 0.5) is 5.82 Å². The van der Waals surface area contributed by atoms with Crippen LogP contribution in [-0.2, 0) is 10.0 Å². The van der Waals surface area contributed by atoms with Crippen LogP contribution >= 0.6 is 11.6 Å². The zero-order valence-corrected chi connectivity index (χ0v) is 12.2. The third-order valence-electron chi connectivity index (χ3n) is 3.21. The van der Waals surface area contributed by atoms with Gasteiger partial charge in [-0.1, -0.05) is 11.6 Å². The van der Waals surface area contributed by atoms with Crippen molar-refractivity contribution < 1.29 is 8.42 Å². The van der Waals surface area contributed by atoms with E-state index < -0.39 is 10.0 Å². The Labute approximate surface area is 118 Å². The molecule has 0 aromatic carbocycles. The predicted molar refractivity (Wildman–Crippen MR) is 74.5 cm³/mol. The Morgan fingerprint density at radius 1 is 1.63 bits per heavy atom. The molecular formula is C11H17ClN4O2S. The van der Waals surface area contributed by atoms with Crippen LogP contribution in [0.25, 0.3) is 0 Å². The normalized spacial score (nSPS) is 20.8. The molecule has 1 aliphatic rings. The predicted octanol–water partition coefficient (Wildman–Crippen LogP) is 0.547. The quantitative estimate of drug-likeness (QED) is 0.848. The number of rotatable bonds is 4. The van der Waals surface area contributed by atoms with Crippen molar-refractivity contribution >= 4 is 27.4 Å². The summed E-state index contributed by atoms with van der Waals surface area (Å²) in [4.78, 5) is 3.79. The molecule has 0 radical (unpaired) electrons. The highest BCUT2D eigenvalue weighted by atomic mass is 35.5. The summed E-state index contributed by atoms with van der Waals surface area (Å²) in [5.41, 5.74) is 5.65. The number of nitrogens with two attached hydrogens (primary N) is 1. The van der Waals surface area contributed by atoms with Crippen molar-refractivity contribution in [2.45, 2.75) is 11.3 Å². The van der Waals surface area contributed by atoms with Crippen molar-refractivity contribution in [3.8, 4) is 0 Å². The lowest BCUT2D eigenvalue weighted by Gasteiger charge is -2.17. The Balaban J connectivity index is 2.26. The molecule has 3 N–H and O–H groups in total. The number of hydrogen-bond acceptors (Lipinski definition) is 5. The Hall–Kier alpha value is -0.890. The lowest BCUT2D eigenvalue weighted by atomic mass is 10.1. The van der Waals surface area contributed by atoms with E-state index in [1.165, 1.54) is 16.6 Å². The van der Waals surface area contributed by atoms with E-state index in [1.807, 2.05) is 7.05 Å². The maximum absolute atomic E-state index is 12.5. The highest BCUT2D eigenvalue weighted by molar-refractivity contribution is 7.89. The number of hydrogen-bond donors (Lipinski definition) is 2. The molecule has 0 spiro atoms. The third kappa shape index (κ3) is 3.00. The SMILES string of the molecule is CNCC1CCN(S(=O)(=O)c2cc(Cl)cnc2N)C1. The second kappa shape index (κ2) is 5.62. The number of aromatic nitrogens is 1. The topological polar surface area (TPSA) is 88.3 Å². The standard InChI is InChI=1S/C11H17ClN4O2S/c1-14-5-8-2-3-16(7-8)19(17,18)10-4-9(12)6-15-11(10)13/h4,6,8,14H,2-3,5,7H2,1H3,(H2,13,15). The molecule has 2 rings (SSSR count). The summed E-state index contributed by atoms with van der Waals surface area (Å²) in [5, 5.41) is 3.32. The summed E-state index contributed by atoms with van der Waals surface area (Å²) in [5.74, 6) is 0.314. The van der Waals surface area contributed by atoms with Crippen molar-refractivity contribution in [3.05, 3.63) is 17.3 Å². The van der Waals surface area contributed by atoms with Gasteiger partial charge in [-0.3, -0.25) is 0 Å². The van der Waals surface area contributed by atoms with Crippen LogP contribution in [0, 0.1) is 5.92 Å². The van der Waals surface area contributed by atoms with Crippen LogP contribution in [0.1, 0.15) is 6.42 Å². The number of sulfonamides is 1. The smallest absolute Gasteiger partial charge is 0.246 e. The van der Waals surface area contributed by atoms with E-state index >= 15 is 0 Å². The van der Waals surface area contributed by atoms with Gasteiger partial charge in [0.05, 0.1) is 5.02 Å². The fraction of sp³-hybridized carbons (Fsp3) is 0.545. The van der Waals surface area contributed by atoms with Gasteiger partial charge in [0.1, 0.15) is 10.7 Å². The first-order valence-corrected chi connectivity index (χ1v) is 7.82. The minimum atomic E-state index is -3.61. The van der Waals surface area contributed by atoms with E-state index in [4.69, 9.17) is 17.3 Å². The van der Waals surface area contributed by atoms with Gasteiger partial charge in [0, 0.05) is 19.3 Å². The van der Waals surface area contributed by atoms with Gasteiger partial charge in [0.15, 0.2) is 0 Å². The third-order valence-corrected chi connectivity index (χ3v) is 5.31. The number of nitrogens with zero attached hydrogens (tertiary/aromatic N) is 2. The molecule has 1 saturated heterocycles. The molecule has 0 saturated carbocycles. The van der Waals surface area contributed by atoms with Gasteiger partial charge in [0.25, 0.3) is 0 Å². The zero-order valence-electron chi connectivity index (χ0n) is 10.6. The van der Waals surface area contributed by atoms with Gasteiger partial charge in [-0.2, -0.15) is 4.31 Å². The number of pyridine rings is 1. The molecule has 1 aliphatic heterocycles. The Bertz CT molecular complexity index is 564. The van der Waals surface area contributed by atoms with Gasteiger partial charge in [-0.25, -0.2) is 13.4 Å². The summed E-state index contributed by atoms with van der Waals surface area (Å²) in [6, 6.07) is 1.35. The van der Waals surface area contributed by atoms with E-state index in [2.05, 4.69) is 10.3 Å². The highest BCUT2D eigenvalue weighted by Crippen LogP contribution is 2.28. The Kier molecular flexibility index (Phi) is 4.29. The van der Waals surface area contributed by atoms with Crippen molar-refractivity contribution in [2.75, 3.05) is 32.4 Å². The first-order valence-electron chi connectivity index (χ1n) is 6.01. The van der Waals surface area contributed by atoms with Gasteiger partial charge >= 0.3 is 0 Å². The van der Waals surface area contributed by atoms with E-state index in [0.717, 1.165) is 13.0 Å². The molecule has 2 heterocycles. The largest absolute Gasteiger partial charge is 0.383 e. The van der Waals surface area contributed by atoms with Gasteiger partial charge in [0.2, 0.25) is 10.0 Å². The minimum absolute atomic E-state index is 0.00916. The zero-order chi connectivity index (χ0) is 14.0. The van der Waals surface area contributed by atoms with Crippen LogP contribution in [0.5, 0.6) is 0 Å².